The maximum Gasteiger partial charge on any atom is 0.243 e. The SMILES string of the molecule is C=C(SC)[C@@H]1CCN(S(=O)(=O)c2ccc(C)cc2)[C@H]1c1ccccc1. The van der Waals surface area contributed by atoms with Crippen molar-refractivity contribution in [2.24, 2.45) is 5.92 Å². The van der Waals surface area contributed by atoms with Crippen LogP contribution < -0.4 is 0 Å². The average molecular weight is 374 g/mol. The van der Waals surface area contributed by atoms with E-state index in [1.54, 1.807) is 28.2 Å². The van der Waals surface area contributed by atoms with Gasteiger partial charge in [0.15, 0.2) is 0 Å². The Morgan fingerprint density at radius 3 is 2.36 bits per heavy atom. The molecule has 1 aliphatic rings. The Hall–Kier alpha value is -1.56. The molecule has 3 nitrogen and oxygen atoms in total. The van der Waals surface area contributed by atoms with Crippen LogP contribution in [0.1, 0.15) is 23.6 Å². The molecule has 0 saturated carbocycles. The molecule has 0 unspecified atom stereocenters. The summed E-state index contributed by atoms with van der Waals surface area (Å²) < 4.78 is 28.2. The molecule has 0 N–H and O–H groups in total. The first-order chi connectivity index (χ1) is 11.9. The zero-order valence-corrected chi connectivity index (χ0v) is 16.2. The minimum Gasteiger partial charge on any atom is -0.207 e. The van der Waals surface area contributed by atoms with E-state index in [4.69, 9.17) is 0 Å². The average Bonchev–Trinajstić information content (AvgIpc) is 3.08. The van der Waals surface area contributed by atoms with E-state index < -0.39 is 10.0 Å². The third kappa shape index (κ3) is 3.54. The molecule has 0 bridgehead atoms. The van der Waals surface area contributed by atoms with Gasteiger partial charge in [0.25, 0.3) is 0 Å². The molecule has 2 atom stereocenters. The highest BCUT2D eigenvalue weighted by molar-refractivity contribution is 8.02. The van der Waals surface area contributed by atoms with Gasteiger partial charge in [-0.1, -0.05) is 54.6 Å². The van der Waals surface area contributed by atoms with Crippen LogP contribution in [0.4, 0.5) is 0 Å². The predicted molar refractivity (Wildman–Crippen MR) is 105 cm³/mol. The number of nitrogens with zero attached hydrogens (tertiary/aromatic N) is 1. The zero-order valence-electron chi connectivity index (χ0n) is 14.6. The summed E-state index contributed by atoms with van der Waals surface area (Å²) in [6.07, 6.45) is 2.80. The summed E-state index contributed by atoms with van der Waals surface area (Å²) >= 11 is 1.61. The molecule has 2 aromatic rings. The Bertz CT molecular complexity index is 845. The van der Waals surface area contributed by atoms with Gasteiger partial charge in [-0.15, -0.1) is 11.8 Å². The number of thioether (sulfide) groups is 1. The van der Waals surface area contributed by atoms with Gasteiger partial charge in [0.1, 0.15) is 0 Å². The molecule has 0 radical (unpaired) electrons. The maximum absolute atomic E-state index is 13.3. The zero-order chi connectivity index (χ0) is 18.0. The minimum absolute atomic E-state index is 0.123. The third-order valence-electron chi connectivity index (χ3n) is 4.80. The topological polar surface area (TPSA) is 37.4 Å². The first-order valence-electron chi connectivity index (χ1n) is 8.31. The van der Waals surface area contributed by atoms with Crippen LogP contribution in [0.5, 0.6) is 0 Å². The number of rotatable bonds is 5. The van der Waals surface area contributed by atoms with Crippen molar-refractivity contribution in [1.29, 1.82) is 0 Å². The van der Waals surface area contributed by atoms with E-state index in [0.29, 0.717) is 11.4 Å². The van der Waals surface area contributed by atoms with Gasteiger partial charge >= 0.3 is 0 Å². The summed E-state index contributed by atoms with van der Waals surface area (Å²) in [5.74, 6) is 0.123. The van der Waals surface area contributed by atoms with E-state index >= 15 is 0 Å². The molecule has 1 fully saturated rings. The van der Waals surface area contributed by atoms with E-state index in [9.17, 15) is 8.42 Å². The quantitative estimate of drug-likeness (QED) is 0.767. The van der Waals surface area contributed by atoms with Crippen LogP contribution in [0, 0.1) is 12.8 Å². The van der Waals surface area contributed by atoms with Crippen LogP contribution in [0.2, 0.25) is 0 Å². The van der Waals surface area contributed by atoms with Gasteiger partial charge in [-0.25, -0.2) is 8.42 Å². The molecule has 1 saturated heterocycles. The van der Waals surface area contributed by atoms with Gasteiger partial charge in [-0.05, 0) is 42.2 Å². The van der Waals surface area contributed by atoms with Crippen LogP contribution in [0.3, 0.4) is 0 Å². The molecular formula is C20H23NO2S2. The normalized spacial score (nSPS) is 21.4. The molecule has 5 heteroatoms. The summed E-state index contributed by atoms with van der Waals surface area (Å²) in [7, 11) is -3.54. The molecule has 3 rings (SSSR count). The fourth-order valence-corrected chi connectivity index (χ4v) is 5.63. The van der Waals surface area contributed by atoms with E-state index in [0.717, 1.165) is 22.5 Å². The summed E-state index contributed by atoms with van der Waals surface area (Å²) in [6, 6.07) is 16.8. The second kappa shape index (κ2) is 7.36. The van der Waals surface area contributed by atoms with Crippen molar-refractivity contribution >= 4 is 21.8 Å². The van der Waals surface area contributed by atoms with Crippen molar-refractivity contribution in [3.8, 4) is 0 Å². The Morgan fingerprint density at radius 1 is 1.12 bits per heavy atom. The lowest BCUT2D eigenvalue weighted by atomic mass is 9.94. The summed E-state index contributed by atoms with van der Waals surface area (Å²) in [4.78, 5) is 1.39. The Kier molecular flexibility index (Phi) is 5.37. The highest BCUT2D eigenvalue weighted by atomic mass is 32.2. The second-order valence-electron chi connectivity index (χ2n) is 6.35. The van der Waals surface area contributed by atoms with Gasteiger partial charge in [0, 0.05) is 12.5 Å². The Labute approximate surface area is 154 Å². The van der Waals surface area contributed by atoms with E-state index in [-0.39, 0.29) is 12.0 Å². The number of sulfonamides is 1. The summed E-state index contributed by atoms with van der Waals surface area (Å²) in [6.45, 7) is 6.64. The monoisotopic (exact) mass is 373 g/mol. The first kappa shape index (κ1) is 18.2. The maximum atomic E-state index is 13.3. The third-order valence-corrected chi connectivity index (χ3v) is 7.52. The highest BCUT2D eigenvalue weighted by Crippen LogP contribution is 2.45. The van der Waals surface area contributed by atoms with Gasteiger partial charge in [0.2, 0.25) is 10.0 Å². The largest absolute Gasteiger partial charge is 0.243 e. The number of aryl methyl sites for hydroxylation is 1. The van der Waals surface area contributed by atoms with Crippen molar-refractivity contribution in [3.63, 3.8) is 0 Å². The lowest BCUT2D eigenvalue weighted by molar-refractivity contribution is 0.370. The lowest BCUT2D eigenvalue weighted by Crippen LogP contribution is -2.32. The van der Waals surface area contributed by atoms with Gasteiger partial charge < -0.3 is 0 Å². The molecule has 25 heavy (non-hydrogen) atoms. The number of hydrogen-bond donors (Lipinski definition) is 0. The number of hydrogen-bond acceptors (Lipinski definition) is 3. The van der Waals surface area contributed by atoms with Crippen LogP contribution in [-0.2, 0) is 10.0 Å². The van der Waals surface area contributed by atoms with Gasteiger partial charge in [-0.2, -0.15) is 4.31 Å². The van der Waals surface area contributed by atoms with Crippen molar-refractivity contribution < 1.29 is 8.42 Å². The molecule has 132 valence electrons. The summed E-state index contributed by atoms with van der Waals surface area (Å²) in [5, 5.41) is 0. The van der Waals surface area contributed by atoms with Crippen molar-refractivity contribution in [1.82, 2.24) is 4.31 Å². The molecular weight excluding hydrogens is 350 g/mol. The molecule has 0 spiro atoms. The van der Waals surface area contributed by atoms with E-state index in [1.165, 1.54) is 0 Å². The van der Waals surface area contributed by atoms with Gasteiger partial charge in [0.05, 0.1) is 10.9 Å². The molecule has 0 aromatic heterocycles. The van der Waals surface area contributed by atoms with Crippen LogP contribution >= 0.6 is 11.8 Å². The molecule has 0 amide bonds. The lowest BCUT2D eigenvalue weighted by Gasteiger charge is -2.28. The summed E-state index contributed by atoms with van der Waals surface area (Å²) in [5.41, 5.74) is 2.07. The molecule has 0 aliphatic carbocycles. The molecule has 2 aromatic carbocycles. The minimum atomic E-state index is -3.54. The van der Waals surface area contributed by atoms with Crippen LogP contribution in [0.15, 0.2) is 71.0 Å². The number of benzene rings is 2. The van der Waals surface area contributed by atoms with E-state index in [2.05, 4.69) is 6.58 Å². The predicted octanol–water partition coefficient (Wildman–Crippen LogP) is 4.62. The van der Waals surface area contributed by atoms with Crippen LogP contribution in [0.25, 0.3) is 0 Å². The Morgan fingerprint density at radius 2 is 1.76 bits per heavy atom. The molecule has 1 heterocycles. The van der Waals surface area contributed by atoms with E-state index in [1.807, 2.05) is 55.6 Å². The fourth-order valence-electron chi connectivity index (χ4n) is 3.42. The molecule has 1 aliphatic heterocycles. The highest BCUT2D eigenvalue weighted by Gasteiger charge is 2.43. The van der Waals surface area contributed by atoms with Crippen molar-refractivity contribution in [2.45, 2.75) is 24.3 Å². The van der Waals surface area contributed by atoms with Crippen molar-refractivity contribution in [2.75, 3.05) is 12.8 Å². The smallest absolute Gasteiger partial charge is 0.207 e. The first-order valence-corrected chi connectivity index (χ1v) is 11.0. The van der Waals surface area contributed by atoms with Crippen LogP contribution in [-0.4, -0.2) is 25.5 Å². The standard InChI is InChI=1S/C20H23NO2S2/c1-15-9-11-18(12-10-15)25(22,23)21-14-13-19(16(2)24-3)20(21)17-7-5-4-6-8-17/h4-12,19-20H,2,13-14H2,1,3H3/t19-,20-/m0/s1. The van der Waals surface area contributed by atoms with Gasteiger partial charge in [-0.3, -0.25) is 0 Å². The Balaban J connectivity index is 2.04. The second-order valence-corrected chi connectivity index (χ2v) is 9.17. The fraction of sp³-hybridized carbons (Fsp3) is 0.300. The van der Waals surface area contributed by atoms with Crippen molar-refractivity contribution in [3.05, 3.63) is 77.2 Å².